The summed E-state index contributed by atoms with van der Waals surface area (Å²) in [7, 11) is -3.11. The fraction of sp³-hybridized carbons (Fsp3) is 0.455. The number of alkyl halides is 3. The van der Waals surface area contributed by atoms with Crippen LogP contribution in [0.15, 0.2) is 30.5 Å². The number of hydrogen-bond donors (Lipinski definition) is 1. The molecule has 2 aromatic rings. The predicted octanol–water partition coefficient (Wildman–Crippen LogP) is 3.96. The topological polar surface area (TPSA) is 88.6 Å². The van der Waals surface area contributed by atoms with Gasteiger partial charge in [0.05, 0.1) is 23.4 Å². The Labute approximate surface area is 188 Å². The Bertz CT molecular complexity index is 1200. The van der Waals surface area contributed by atoms with E-state index < -0.39 is 16.2 Å². The molecule has 11 heteroatoms. The Balaban J connectivity index is 1.45. The Kier molecular flexibility index (Phi) is 5.26. The van der Waals surface area contributed by atoms with Crippen LogP contribution < -0.4 is 10.1 Å². The van der Waals surface area contributed by atoms with E-state index in [0.717, 1.165) is 30.4 Å². The van der Waals surface area contributed by atoms with Crippen molar-refractivity contribution in [2.45, 2.75) is 37.5 Å². The number of benzene rings is 1. The maximum absolute atomic E-state index is 13.2. The zero-order chi connectivity index (χ0) is 23.4. The van der Waals surface area contributed by atoms with Crippen molar-refractivity contribution in [1.29, 1.82) is 0 Å². The van der Waals surface area contributed by atoms with Crippen LogP contribution in [0.5, 0.6) is 5.75 Å². The highest BCUT2D eigenvalue weighted by molar-refractivity contribution is 7.91. The van der Waals surface area contributed by atoms with Gasteiger partial charge in [-0.05, 0) is 54.4 Å². The maximum atomic E-state index is 13.2. The zero-order valence-electron chi connectivity index (χ0n) is 17.6. The van der Waals surface area contributed by atoms with Crippen LogP contribution in [-0.2, 0) is 9.84 Å². The lowest BCUT2D eigenvalue weighted by Crippen LogP contribution is -2.44. The van der Waals surface area contributed by atoms with E-state index >= 15 is 0 Å². The summed E-state index contributed by atoms with van der Waals surface area (Å²) in [5, 5.41) is 3.16. The molecule has 1 amide bonds. The summed E-state index contributed by atoms with van der Waals surface area (Å²) in [6.07, 6.45) is -0.405. The van der Waals surface area contributed by atoms with Crippen LogP contribution >= 0.6 is 0 Å². The van der Waals surface area contributed by atoms with Crippen molar-refractivity contribution in [1.82, 2.24) is 9.88 Å². The van der Waals surface area contributed by atoms with Crippen LogP contribution in [0.2, 0.25) is 0 Å². The molecule has 1 saturated carbocycles. The van der Waals surface area contributed by atoms with Crippen molar-refractivity contribution in [3.05, 3.63) is 47.3 Å². The molecule has 0 spiro atoms. The van der Waals surface area contributed by atoms with Gasteiger partial charge in [0.2, 0.25) is 0 Å². The molecule has 0 radical (unpaired) electrons. The first-order chi connectivity index (χ1) is 15.6. The smallest absolute Gasteiger partial charge is 0.406 e. The molecule has 7 nitrogen and oxygen atoms in total. The summed E-state index contributed by atoms with van der Waals surface area (Å²) >= 11 is 0. The fourth-order valence-corrected chi connectivity index (χ4v) is 6.36. The lowest BCUT2D eigenvalue weighted by atomic mass is 9.89. The first kappa shape index (κ1) is 22.0. The van der Waals surface area contributed by atoms with Crippen molar-refractivity contribution < 1.29 is 31.1 Å². The summed E-state index contributed by atoms with van der Waals surface area (Å²) in [4.78, 5) is 19.2. The van der Waals surface area contributed by atoms with Gasteiger partial charge in [-0.25, -0.2) is 13.4 Å². The summed E-state index contributed by atoms with van der Waals surface area (Å²) in [5.41, 5.74) is 3.31. The normalized spacial score (nSPS) is 23.3. The number of aromatic nitrogens is 1. The number of pyridine rings is 1. The number of hydrogen-bond acceptors (Lipinski definition) is 6. The van der Waals surface area contributed by atoms with E-state index in [9.17, 15) is 26.4 Å². The number of nitrogens with zero attached hydrogens (tertiary/aromatic N) is 2. The van der Waals surface area contributed by atoms with Crippen LogP contribution in [0.4, 0.5) is 24.5 Å². The largest absolute Gasteiger partial charge is 0.573 e. The van der Waals surface area contributed by atoms with E-state index in [4.69, 9.17) is 0 Å². The second kappa shape index (κ2) is 7.89. The number of carbonyl (C=O) groups is 1. The molecule has 1 N–H and O–H groups in total. The Morgan fingerprint density at radius 1 is 1.12 bits per heavy atom. The van der Waals surface area contributed by atoms with Gasteiger partial charge in [0.25, 0.3) is 5.91 Å². The molecule has 2 aliphatic carbocycles. The fourth-order valence-electron chi connectivity index (χ4n) is 5.16. The van der Waals surface area contributed by atoms with Crippen molar-refractivity contribution in [2.24, 2.45) is 0 Å². The van der Waals surface area contributed by atoms with Gasteiger partial charge in [-0.2, -0.15) is 0 Å². The Morgan fingerprint density at radius 3 is 2.52 bits per heavy atom. The third-order valence-electron chi connectivity index (χ3n) is 6.59. The minimum Gasteiger partial charge on any atom is -0.406 e. The van der Waals surface area contributed by atoms with E-state index in [1.165, 1.54) is 18.2 Å². The van der Waals surface area contributed by atoms with E-state index in [1.807, 2.05) is 0 Å². The highest BCUT2D eigenvalue weighted by Crippen LogP contribution is 2.56. The van der Waals surface area contributed by atoms with Crippen molar-refractivity contribution in [2.75, 3.05) is 29.9 Å². The summed E-state index contributed by atoms with van der Waals surface area (Å²) in [6, 6.07) is 5.59. The molecule has 1 aromatic heterocycles. The van der Waals surface area contributed by atoms with Gasteiger partial charge < -0.3 is 15.0 Å². The van der Waals surface area contributed by atoms with Crippen LogP contribution in [-0.4, -0.2) is 55.2 Å². The molecule has 5 rings (SSSR count). The average molecular weight is 481 g/mol. The number of amides is 1. The van der Waals surface area contributed by atoms with Gasteiger partial charge in [0.15, 0.2) is 9.84 Å². The number of carbonyl (C=O) groups excluding carboxylic acids is 1. The summed E-state index contributed by atoms with van der Waals surface area (Å²) in [6.45, 7) is 0.301. The summed E-state index contributed by atoms with van der Waals surface area (Å²) in [5.74, 6) is -0.248. The van der Waals surface area contributed by atoms with Crippen LogP contribution in [0, 0.1) is 0 Å². The lowest BCUT2D eigenvalue weighted by Gasteiger charge is -2.28. The molecule has 2 bridgehead atoms. The number of anilines is 2. The van der Waals surface area contributed by atoms with E-state index in [1.54, 1.807) is 17.2 Å². The van der Waals surface area contributed by atoms with Gasteiger partial charge >= 0.3 is 6.36 Å². The highest BCUT2D eigenvalue weighted by atomic mass is 32.2. The Morgan fingerprint density at radius 2 is 1.82 bits per heavy atom. The van der Waals surface area contributed by atoms with Gasteiger partial charge in [-0.3, -0.25) is 4.79 Å². The second-order valence-electron chi connectivity index (χ2n) is 8.70. The monoisotopic (exact) mass is 481 g/mol. The van der Waals surface area contributed by atoms with Crippen LogP contribution in [0.3, 0.4) is 0 Å². The quantitative estimate of drug-likeness (QED) is 0.711. The van der Waals surface area contributed by atoms with Crippen molar-refractivity contribution >= 4 is 27.1 Å². The number of sulfone groups is 1. The van der Waals surface area contributed by atoms with Crippen LogP contribution in [0.1, 0.15) is 52.7 Å². The van der Waals surface area contributed by atoms with E-state index in [2.05, 4.69) is 15.0 Å². The number of ether oxygens (including phenoxy) is 1. The van der Waals surface area contributed by atoms with Gasteiger partial charge in [0.1, 0.15) is 11.4 Å². The molecule has 1 aromatic carbocycles. The lowest BCUT2D eigenvalue weighted by molar-refractivity contribution is -0.274. The summed E-state index contributed by atoms with van der Waals surface area (Å²) < 4.78 is 65.2. The molecule has 2 atom stereocenters. The molecule has 33 heavy (non-hydrogen) atoms. The minimum absolute atomic E-state index is 0.0526. The van der Waals surface area contributed by atoms with Gasteiger partial charge in [-0.1, -0.05) is 6.07 Å². The van der Waals surface area contributed by atoms with E-state index in [-0.39, 0.29) is 48.1 Å². The van der Waals surface area contributed by atoms with Crippen molar-refractivity contribution in [3.63, 3.8) is 0 Å². The maximum Gasteiger partial charge on any atom is 0.573 e. The minimum atomic E-state index is -4.78. The molecule has 2 heterocycles. The number of fused-ring (bicyclic) bond motifs is 5. The number of nitrogens with one attached hydrogen (secondary N) is 1. The second-order valence-corrected chi connectivity index (χ2v) is 11.0. The van der Waals surface area contributed by atoms with Crippen LogP contribution in [0.25, 0.3) is 0 Å². The van der Waals surface area contributed by atoms with Gasteiger partial charge in [-0.15, -0.1) is 13.2 Å². The molecule has 2 unspecified atom stereocenters. The van der Waals surface area contributed by atoms with Crippen molar-refractivity contribution in [3.8, 4) is 5.75 Å². The first-order valence-electron chi connectivity index (χ1n) is 10.7. The molecule has 1 saturated heterocycles. The van der Waals surface area contributed by atoms with Gasteiger partial charge in [0, 0.05) is 24.8 Å². The van der Waals surface area contributed by atoms with E-state index in [0.29, 0.717) is 17.1 Å². The first-order valence-corrected chi connectivity index (χ1v) is 12.6. The predicted molar refractivity (Wildman–Crippen MR) is 115 cm³/mol. The molecule has 1 aliphatic heterocycles. The third-order valence-corrected chi connectivity index (χ3v) is 8.20. The Hall–Kier alpha value is -2.82. The molecule has 3 aliphatic rings. The third kappa shape index (κ3) is 4.38. The number of halogens is 3. The zero-order valence-corrected chi connectivity index (χ0v) is 18.4. The number of rotatable bonds is 4. The average Bonchev–Trinajstić information content (AvgIpc) is 3.35. The molecule has 2 fully saturated rings. The molecular weight excluding hydrogens is 459 g/mol. The SMILES string of the molecule is O=C(c1ncc(Nc2cccc(OC(F)(F)F)c2)c2c1C1CCC2C1)N1CCS(=O)(=O)CC1. The highest BCUT2D eigenvalue weighted by Gasteiger charge is 2.43. The molecule has 176 valence electrons. The molecular formula is C22H22F3N3O4S. The standard InChI is InChI=1S/C22H22F3N3O4S/c23-22(24,25)32-16-3-1-2-15(11-16)27-17-12-26-20(19-14-5-4-13(10-14)18(17)19)21(29)28-6-8-33(30,31)9-7-28/h1-3,11-14,27H,4-10H2.